The Balaban J connectivity index is 1.35. The molecular formula is C20H22FN9O2. The molecule has 0 radical (unpaired) electrons. The van der Waals surface area contributed by atoms with Crippen molar-refractivity contribution in [2.24, 2.45) is 0 Å². The van der Waals surface area contributed by atoms with Crippen molar-refractivity contribution in [3.63, 3.8) is 0 Å². The Hall–Kier alpha value is -3.83. The van der Waals surface area contributed by atoms with Crippen LogP contribution in [0.4, 0.5) is 27.8 Å². The Morgan fingerprint density at radius 1 is 1.25 bits per heavy atom. The zero-order valence-electron chi connectivity index (χ0n) is 17.4. The van der Waals surface area contributed by atoms with E-state index in [1.165, 1.54) is 25.4 Å². The van der Waals surface area contributed by atoms with Crippen molar-refractivity contribution in [1.29, 1.82) is 0 Å². The number of halogens is 1. The van der Waals surface area contributed by atoms with Crippen LogP contribution in [0.2, 0.25) is 0 Å². The average Bonchev–Trinajstić information content (AvgIpc) is 3.33. The summed E-state index contributed by atoms with van der Waals surface area (Å²) in [5, 5.41) is 13.1. The Morgan fingerprint density at radius 3 is 2.88 bits per heavy atom. The molecule has 0 bridgehead atoms. The third-order valence-electron chi connectivity index (χ3n) is 5.45. The Kier molecular flexibility index (Phi) is 5.25. The van der Waals surface area contributed by atoms with E-state index in [1.54, 1.807) is 0 Å². The molecule has 1 saturated heterocycles. The highest BCUT2D eigenvalue weighted by Gasteiger charge is 2.33. The molecule has 0 spiro atoms. The fourth-order valence-corrected chi connectivity index (χ4v) is 3.69. The maximum atomic E-state index is 13.0. The zero-order valence-corrected chi connectivity index (χ0v) is 17.4. The lowest BCUT2D eigenvalue weighted by Gasteiger charge is -2.24. The van der Waals surface area contributed by atoms with Crippen LogP contribution in [0, 0.1) is 5.95 Å². The molecule has 1 atom stereocenters. The molecule has 11 nitrogen and oxygen atoms in total. The van der Waals surface area contributed by atoms with E-state index in [-0.39, 0.29) is 17.9 Å². The SMILES string of the molecule is COc1nc(Nc2cc(C3CC3)[nH]n2)nc(N2CCC[C@H]2C(=O)Nc2ccc(F)nc2)n1. The second kappa shape index (κ2) is 8.36. The summed E-state index contributed by atoms with van der Waals surface area (Å²) in [7, 11) is 1.47. The summed E-state index contributed by atoms with van der Waals surface area (Å²) in [5.41, 5.74) is 1.50. The molecule has 2 aliphatic rings. The summed E-state index contributed by atoms with van der Waals surface area (Å²) >= 11 is 0. The van der Waals surface area contributed by atoms with Crippen LogP contribution in [0.25, 0.3) is 0 Å². The lowest BCUT2D eigenvalue weighted by Crippen LogP contribution is -2.40. The van der Waals surface area contributed by atoms with Crippen LogP contribution in [0.5, 0.6) is 6.01 Å². The highest BCUT2D eigenvalue weighted by molar-refractivity contribution is 5.96. The van der Waals surface area contributed by atoms with Crippen LogP contribution in [-0.2, 0) is 4.79 Å². The van der Waals surface area contributed by atoms with E-state index in [0.29, 0.717) is 36.3 Å². The van der Waals surface area contributed by atoms with E-state index in [4.69, 9.17) is 4.74 Å². The van der Waals surface area contributed by atoms with Gasteiger partial charge in [-0.25, -0.2) is 4.98 Å². The largest absolute Gasteiger partial charge is 0.467 e. The Labute approximate surface area is 182 Å². The van der Waals surface area contributed by atoms with Gasteiger partial charge < -0.3 is 20.3 Å². The van der Waals surface area contributed by atoms with E-state index in [2.05, 4.69) is 40.8 Å². The van der Waals surface area contributed by atoms with Crippen LogP contribution in [-0.4, -0.2) is 55.7 Å². The van der Waals surface area contributed by atoms with Gasteiger partial charge in [0.15, 0.2) is 5.82 Å². The molecule has 3 N–H and O–H groups in total. The summed E-state index contributed by atoms with van der Waals surface area (Å²) in [5.74, 6) is 0.893. The van der Waals surface area contributed by atoms with E-state index in [1.807, 2.05) is 11.0 Å². The number of pyridine rings is 1. The first-order chi connectivity index (χ1) is 15.6. The molecule has 4 heterocycles. The number of ether oxygens (including phenoxy) is 1. The van der Waals surface area contributed by atoms with Crippen molar-refractivity contribution in [2.45, 2.75) is 37.6 Å². The standard InChI is InChI=1S/C20H22FN9O2/c1-32-20-26-18(24-16-9-13(28-29-16)11-4-5-11)25-19(27-20)30-8-2-3-14(30)17(31)23-12-6-7-15(21)22-10-12/h6-7,9-11,14H,2-5,8H2,1H3,(H,23,31)(H2,24,25,26,27,28,29)/t14-/m0/s1. The van der Waals surface area contributed by atoms with Crippen LogP contribution >= 0.6 is 0 Å². The molecule has 12 heteroatoms. The highest BCUT2D eigenvalue weighted by Crippen LogP contribution is 2.39. The molecule has 0 aromatic carbocycles. The first kappa shape index (κ1) is 20.1. The van der Waals surface area contributed by atoms with Crippen LogP contribution in [0.15, 0.2) is 24.4 Å². The summed E-state index contributed by atoms with van der Waals surface area (Å²) in [6.45, 7) is 0.598. The third kappa shape index (κ3) is 4.29. The number of carbonyl (C=O) groups is 1. The topological polar surface area (TPSA) is 134 Å². The molecule has 3 aromatic rings. The number of methoxy groups -OCH3 is 1. The molecule has 5 rings (SSSR count). The average molecular weight is 439 g/mol. The molecule has 3 aromatic heterocycles. The van der Waals surface area contributed by atoms with Gasteiger partial charge in [-0.15, -0.1) is 0 Å². The number of nitrogens with one attached hydrogen (secondary N) is 3. The number of rotatable bonds is 7. The molecule has 1 aliphatic carbocycles. The number of anilines is 4. The van der Waals surface area contributed by atoms with Gasteiger partial charge in [0, 0.05) is 24.2 Å². The minimum atomic E-state index is -0.607. The van der Waals surface area contributed by atoms with Crippen LogP contribution in [0.3, 0.4) is 0 Å². The van der Waals surface area contributed by atoms with Crippen molar-refractivity contribution in [3.8, 4) is 6.01 Å². The van der Waals surface area contributed by atoms with Crippen LogP contribution in [0.1, 0.15) is 37.3 Å². The molecule has 1 amide bonds. The van der Waals surface area contributed by atoms with Gasteiger partial charge in [0.1, 0.15) is 6.04 Å². The summed E-state index contributed by atoms with van der Waals surface area (Å²) in [6, 6.07) is 4.24. The van der Waals surface area contributed by atoms with E-state index >= 15 is 0 Å². The number of carbonyl (C=O) groups excluding carboxylic acids is 1. The third-order valence-corrected chi connectivity index (χ3v) is 5.45. The van der Waals surface area contributed by atoms with Gasteiger partial charge in [-0.05, 0) is 37.8 Å². The lowest BCUT2D eigenvalue weighted by molar-refractivity contribution is -0.117. The summed E-state index contributed by atoms with van der Waals surface area (Å²) in [6.07, 6.45) is 5.03. The number of H-pyrrole nitrogens is 1. The first-order valence-electron chi connectivity index (χ1n) is 10.4. The van der Waals surface area contributed by atoms with E-state index < -0.39 is 12.0 Å². The predicted octanol–water partition coefficient (Wildman–Crippen LogP) is 2.37. The quantitative estimate of drug-likeness (QED) is 0.474. The van der Waals surface area contributed by atoms with Crippen molar-refractivity contribution in [3.05, 3.63) is 36.0 Å². The van der Waals surface area contributed by atoms with Gasteiger partial charge in [0.2, 0.25) is 23.8 Å². The summed E-state index contributed by atoms with van der Waals surface area (Å²) < 4.78 is 18.3. The normalized spacial score (nSPS) is 17.9. The van der Waals surface area contributed by atoms with Gasteiger partial charge in [0.05, 0.1) is 19.0 Å². The predicted molar refractivity (Wildman–Crippen MR) is 113 cm³/mol. The number of nitrogens with zero attached hydrogens (tertiary/aromatic N) is 6. The minimum Gasteiger partial charge on any atom is -0.467 e. The molecule has 32 heavy (non-hydrogen) atoms. The molecule has 1 aliphatic heterocycles. The smallest absolute Gasteiger partial charge is 0.322 e. The molecule has 0 unspecified atom stereocenters. The second-order valence-electron chi connectivity index (χ2n) is 7.76. The molecule has 2 fully saturated rings. The Morgan fingerprint density at radius 2 is 2.12 bits per heavy atom. The van der Waals surface area contributed by atoms with Gasteiger partial charge in [-0.3, -0.25) is 9.89 Å². The van der Waals surface area contributed by atoms with Crippen molar-refractivity contribution >= 4 is 29.3 Å². The summed E-state index contributed by atoms with van der Waals surface area (Å²) in [4.78, 5) is 31.3. The molecule has 1 saturated carbocycles. The highest BCUT2D eigenvalue weighted by atomic mass is 19.1. The van der Waals surface area contributed by atoms with Gasteiger partial charge in [0.25, 0.3) is 0 Å². The lowest BCUT2D eigenvalue weighted by atomic mass is 10.2. The monoisotopic (exact) mass is 439 g/mol. The minimum absolute atomic E-state index is 0.129. The number of aromatic nitrogens is 6. The Bertz CT molecular complexity index is 1120. The second-order valence-corrected chi connectivity index (χ2v) is 7.76. The van der Waals surface area contributed by atoms with Gasteiger partial charge in [-0.1, -0.05) is 0 Å². The van der Waals surface area contributed by atoms with Crippen LogP contribution < -0.4 is 20.3 Å². The van der Waals surface area contributed by atoms with Crippen molar-refractivity contribution in [1.82, 2.24) is 30.1 Å². The number of hydrogen-bond donors (Lipinski definition) is 3. The van der Waals surface area contributed by atoms with E-state index in [9.17, 15) is 9.18 Å². The first-order valence-corrected chi connectivity index (χ1v) is 10.4. The fourth-order valence-electron chi connectivity index (χ4n) is 3.69. The van der Waals surface area contributed by atoms with Crippen molar-refractivity contribution < 1.29 is 13.9 Å². The number of amides is 1. The fraction of sp³-hybridized carbons (Fsp3) is 0.400. The van der Waals surface area contributed by atoms with E-state index in [0.717, 1.165) is 25.0 Å². The van der Waals surface area contributed by atoms with Gasteiger partial charge in [-0.2, -0.15) is 24.4 Å². The molecule has 166 valence electrons. The van der Waals surface area contributed by atoms with Crippen molar-refractivity contribution in [2.75, 3.05) is 29.2 Å². The maximum Gasteiger partial charge on any atom is 0.322 e. The number of hydrogen-bond acceptors (Lipinski definition) is 9. The maximum absolute atomic E-state index is 13.0. The number of aromatic amines is 1. The molecular weight excluding hydrogens is 417 g/mol. The van der Waals surface area contributed by atoms with Gasteiger partial charge >= 0.3 is 6.01 Å². The zero-order chi connectivity index (χ0) is 22.1.